The van der Waals surface area contributed by atoms with Gasteiger partial charge in [0.05, 0.1) is 11.2 Å². The standard InChI is InChI=1S/C33H23N/c1-4-12-23(13-5-1)31-29-21-20-28-27-19-11-10-16-25(27)22-30(28)33(29)34(26-17-8-3-9-18-26)32(31)24-14-6-2-7-15-24/h1-21H,22H2. The molecule has 0 fully saturated rings. The van der Waals surface area contributed by atoms with Crippen molar-refractivity contribution in [1.29, 1.82) is 0 Å². The zero-order chi connectivity index (χ0) is 22.5. The molecule has 1 heteroatoms. The summed E-state index contributed by atoms with van der Waals surface area (Å²) in [6.07, 6.45) is 0.960. The summed E-state index contributed by atoms with van der Waals surface area (Å²) in [4.78, 5) is 0. The number of para-hydroxylation sites is 1. The lowest BCUT2D eigenvalue weighted by Gasteiger charge is -2.14. The fraction of sp³-hybridized carbons (Fsp3) is 0.0303. The molecule has 0 saturated carbocycles. The molecule has 0 unspecified atom stereocenters. The van der Waals surface area contributed by atoms with E-state index in [0.717, 1.165) is 6.42 Å². The van der Waals surface area contributed by atoms with Crippen molar-refractivity contribution in [3.63, 3.8) is 0 Å². The Morgan fingerprint density at radius 3 is 1.85 bits per heavy atom. The van der Waals surface area contributed by atoms with Gasteiger partial charge in [0.25, 0.3) is 0 Å². The fourth-order valence-electron chi connectivity index (χ4n) is 5.61. The van der Waals surface area contributed by atoms with Crippen molar-refractivity contribution in [2.75, 3.05) is 0 Å². The lowest BCUT2D eigenvalue weighted by molar-refractivity contribution is 1.12. The van der Waals surface area contributed by atoms with E-state index in [0.29, 0.717) is 0 Å². The second-order valence-electron chi connectivity index (χ2n) is 8.95. The van der Waals surface area contributed by atoms with Gasteiger partial charge in [0.15, 0.2) is 0 Å². The molecule has 0 aliphatic heterocycles. The van der Waals surface area contributed by atoms with Gasteiger partial charge in [0.1, 0.15) is 0 Å². The van der Waals surface area contributed by atoms with Crippen molar-refractivity contribution in [3.05, 3.63) is 139 Å². The van der Waals surface area contributed by atoms with Crippen LogP contribution in [0.25, 0.3) is 50.1 Å². The summed E-state index contributed by atoms with van der Waals surface area (Å²) in [6, 6.07) is 46.0. The van der Waals surface area contributed by atoms with Gasteiger partial charge in [0.2, 0.25) is 0 Å². The van der Waals surface area contributed by atoms with E-state index < -0.39 is 0 Å². The lowest BCUT2D eigenvalue weighted by Crippen LogP contribution is -1.99. The molecule has 0 saturated heterocycles. The molecule has 1 aliphatic carbocycles. The number of benzene rings is 5. The van der Waals surface area contributed by atoms with Crippen molar-refractivity contribution in [2.45, 2.75) is 6.42 Å². The summed E-state index contributed by atoms with van der Waals surface area (Å²) in [5.74, 6) is 0. The predicted octanol–water partition coefficient (Wildman–Crippen LogP) is 8.54. The number of nitrogens with zero attached hydrogens (tertiary/aromatic N) is 1. The van der Waals surface area contributed by atoms with E-state index in [1.54, 1.807) is 0 Å². The molecule has 0 spiro atoms. The Balaban J connectivity index is 1.68. The zero-order valence-electron chi connectivity index (χ0n) is 18.8. The van der Waals surface area contributed by atoms with Crippen LogP contribution in [0.5, 0.6) is 0 Å². The Morgan fingerprint density at radius 2 is 1.12 bits per heavy atom. The van der Waals surface area contributed by atoms with Crippen LogP contribution >= 0.6 is 0 Å². The Morgan fingerprint density at radius 1 is 0.500 bits per heavy atom. The Labute approximate surface area is 199 Å². The quantitative estimate of drug-likeness (QED) is 0.263. The van der Waals surface area contributed by atoms with E-state index in [1.807, 2.05) is 0 Å². The van der Waals surface area contributed by atoms with Gasteiger partial charge in [-0.15, -0.1) is 0 Å². The maximum Gasteiger partial charge on any atom is 0.0619 e. The maximum atomic E-state index is 2.50. The molecule has 0 N–H and O–H groups in total. The fourth-order valence-corrected chi connectivity index (χ4v) is 5.61. The highest BCUT2D eigenvalue weighted by molar-refractivity contribution is 6.09. The lowest BCUT2D eigenvalue weighted by atomic mass is 9.96. The first-order valence-electron chi connectivity index (χ1n) is 11.8. The second kappa shape index (κ2) is 7.60. The molecule has 7 rings (SSSR count). The number of fused-ring (bicyclic) bond motifs is 5. The van der Waals surface area contributed by atoms with Crippen molar-refractivity contribution in [3.8, 4) is 39.2 Å². The van der Waals surface area contributed by atoms with Crippen LogP contribution in [0.3, 0.4) is 0 Å². The van der Waals surface area contributed by atoms with Crippen molar-refractivity contribution >= 4 is 10.9 Å². The molecule has 0 atom stereocenters. The van der Waals surface area contributed by atoms with Crippen LogP contribution in [0.15, 0.2) is 127 Å². The highest BCUT2D eigenvalue weighted by Gasteiger charge is 2.27. The van der Waals surface area contributed by atoms with E-state index >= 15 is 0 Å². The molecule has 0 radical (unpaired) electrons. The van der Waals surface area contributed by atoms with Crippen LogP contribution in [0.2, 0.25) is 0 Å². The van der Waals surface area contributed by atoms with Crippen LogP contribution in [0.4, 0.5) is 0 Å². The summed E-state index contributed by atoms with van der Waals surface area (Å²) < 4.78 is 2.50. The van der Waals surface area contributed by atoms with Gasteiger partial charge in [0, 0.05) is 23.1 Å². The van der Waals surface area contributed by atoms with Gasteiger partial charge in [-0.3, -0.25) is 0 Å². The highest BCUT2D eigenvalue weighted by atomic mass is 15.0. The van der Waals surface area contributed by atoms with E-state index in [2.05, 4.69) is 132 Å². The number of aromatic nitrogens is 1. The summed E-state index contributed by atoms with van der Waals surface area (Å²) >= 11 is 0. The van der Waals surface area contributed by atoms with Gasteiger partial charge in [-0.05, 0) is 45.5 Å². The maximum absolute atomic E-state index is 2.50. The first-order chi connectivity index (χ1) is 16.9. The van der Waals surface area contributed by atoms with Gasteiger partial charge in [-0.1, -0.05) is 115 Å². The average Bonchev–Trinajstić information content (AvgIpc) is 3.46. The van der Waals surface area contributed by atoms with Crippen LogP contribution in [0, 0.1) is 0 Å². The third-order valence-corrected chi connectivity index (χ3v) is 7.03. The first-order valence-corrected chi connectivity index (χ1v) is 11.8. The van der Waals surface area contributed by atoms with Crippen LogP contribution in [0.1, 0.15) is 11.1 Å². The molecule has 1 heterocycles. The van der Waals surface area contributed by atoms with Crippen molar-refractivity contribution in [2.24, 2.45) is 0 Å². The molecule has 6 aromatic rings. The average molecular weight is 434 g/mol. The summed E-state index contributed by atoms with van der Waals surface area (Å²) in [5, 5.41) is 1.31. The molecule has 0 amide bonds. The molecule has 160 valence electrons. The minimum absolute atomic E-state index is 0.960. The number of rotatable bonds is 3. The third kappa shape index (κ3) is 2.80. The Hall–Kier alpha value is -4.36. The minimum atomic E-state index is 0.960. The predicted molar refractivity (Wildman–Crippen MR) is 142 cm³/mol. The SMILES string of the molecule is c1ccc(-c2c(-c3ccccc3)n(-c3ccccc3)c3c4c(ccc23)-c2ccccc2C4)cc1. The first kappa shape index (κ1) is 19.1. The molecular weight excluding hydrogens is 410 g/mol. The van der Waals surface area contributed by atoms with Crippen molar-refractivity contribution in [1.82, 2.24) is 4.57 Å². The Kier molecular flexibility index (Phi) is 4.28. The third-order valence-electron chi connectivity index (χ3n) is 7.03. The van der Waals surface area contributed by atoms with Gasteiger partial charge < -0.3 is 4.57 Å². The number of hydrogen-bond acceptors (Lipinski definition) is 0. The zero-order valence-corrected chi connectivity index (χ0v) is 18.8. The van der Waals surface area contributed by atoms with Crippen LogP contribution in [-0.2, 0) is 6.42 Å². The number of hydrogen-bond donors (Lipinski definition) is 0. The van der Waals surface area contributed by atoms with Crippen LogP contribution in [-0.4, -0.2) is 4.57 Å². The smallest absolute Gasteiger partial charge is 0.0619 e. The van der Waals surface area contributed by atoms with E-state index in [1.165, 1.54) is 61.2 Å². The largest absolute Gasteiger partial charge is 0.308 e. The van der Waals surface area contributed by atoms with Gasteiger partial charge in [-0.25, -0.2) is 0 Å². The summed E-state index contributed by atoms with van der Waals surface area (Å²) in [7, 11) is 0. The van der Waals surface area contributed by atoms with E-state index in [-0.39, 0.29) is 0 Å². The summed E-state index contributed by atoms with van der Waals surface area (Å²) in [5.41, 5.74) is 13.1. The molecule has 34 heavy (non-hydrogen) atoms. The van der Waals surface area contributed by atoms with E-state index in [9.17, 15) is 0 Å². The summed E-state index contributed by atoms with van der Waals surface area (Å²) in [6.45, 7) is 0. The Bertz CT molecular complexity index is 1640. The molecule has 0 bridgehead atoms. The molecular formula is C33H23N. The molecule has 5 aromatic carbocycles. The minimum Gasteiger partial charge on any atom is -0.308 e. The molecule has 1 nitrogen and oxygen atoms in total. The molecule has 1 aliphatic rings. The topological polar surface area (TPSA) is 4.93 Å². The normalized spacial score (nSPS) is 12.0. The molecule has 1 aromatic heterocycles. The monoisotopic (exact) mass is 433 g/mol. The van der Waals surface area contributed by atoms with Gasteiger partial charge in [-0.2, -0.15) is 0 Å². The van der Waals surface area contributed by atoms with E-state index in [4.69, 9.17) is 0 Å². The van der Waals surface area contributed by atoms with Gasteiger partial charge >= 0.3 is 0 Å². The second-order valence-corrected chi connectivity index (χ2v) is 8.95. The van der Waals surface area contributed by atoms with Crippen LogP contribution < -0.4 is 0 Å². The highest BCUT2D eigenvalue weighted by Crippen LogP contribution is 2.48. The van der Waals surface area contributed by atoms with Crippen molar-refractivity contribution < 1.29 is 0 Å².